The second kappa shape index (κ2) is 13.2. The quantitative estimate of drug-likeness (QED) is 0.208. The van der Waals surface area contributed by atoms with Gasteiger partial charge in [-0.2, -0.15) is 4.98 Å². The number of nitrogens with one attached hydrogen (secondary N) is 2. The first-order chi connectivity index (χ1) is 20.8. The number of halogens is 5. The summed E-state index contributed by atoms with van der Waals surface area (Å²) < 4.78 is 44.4. The van der Waals surface area contributed by atoms with Gasteiger partial charge in [-0.25, -0.2) is 13.8 Å². The second-order valence-corrected chi connectivity index (χ2v) is 16.3. The van der Waals surface area contributed by atoms with Gasteiger partial charge >= 0.3 is 0 Å². The first kappa shape index (κ1) is 33.0. The van der Waals surface area contributed by atoms with Crippen LogP contribution in [0.15, 0.2) is 30.5 Å². The van der Waals surface area contributed by atoms with Crippen LogP contribution in [0.3, 0.4) is 0 Å². The smallest absolute Gasteiger partial charge is 0.251 e. The van der Waals surface area contributed by atoms with Crippen molar-refractivity contribution in [3.63, 3.8) is 0 Å². The summed E-state index contributed by atoms with van der Waals surface area (Å²) in [6.07, 6.45) is 1.83. The van der Waals surface area contributed by atoms with E-state index >= 15 is 0 Å². The average Bonchev–Trinajstić information content (AvgIpc) is 2.95. The van der Waals surface area contributed by atoms with Crippen LogP contribution < -0.4 is 25.6 Å². The molecule has 2 aliphatic rings. The highest BCUT2D eigenvalue weighted by Crippen LogP contribution is 2.46. The molecule has 2 saturated heterocycles. The highest BCUT2D eigenvalue weighted by atomic mass is 35.5. The number of aromatic nitrogens is 2. The molecule has 44 heavy (non-hydrogen) atoms. The van der Waals surface area contributed by atoms with E-state index in [0.29, 0.717) is 51.4 Å². The molecule has 0 saturated carbocycles. The van der Waals surface area contributed by atoms with Gasteiger partial charge in [0.25, 0.3) is 6.43 Å². The van der Waals surface area contributed by atoms with Gasteiger partial charge in [-0.15, -0.1) is 0 Å². The zero-order chi connectivity index (χ0) is 31.8. The third kappa shape index (κ3) is 7.20. The summed E-state index contributed by atoms with van der Waals surface area (Å²) in [5.74, 6) is 1.21. The molecule has 2 fully saturated rings. The number of hydrogen-bond donors (Lipinski definition) is 2. The molecule has 0 bridgehead atoms. The van der Waals surface area contributed by atoms with Gasteiger partial charge in [0, 0.05) is 35.6 Å². The van der Waals surface area contributed by atoms with E-state index in [-0.39, 0.29) is 22.9 Å². The molecule has 3 heterocycles. The lowest BCUT2D eigenvalue weighted by Crippen LogP contribution is -2.61. The number of alkyl halides is 2. The van der Waals surface area contributed by atoms with Crippen molar-refractivity contribution in [2.75, 3.05) is 68.7 Å². The topological polar surface area (TPSA) is 82.6 Å². The number of ether oxygens (including phenoxy) is 1. The zero-order valence-corrected chi connectivity index (χ0v) is 28.2. The fourth-order valence-corrected chi connectivity index (χ4v) is 7.64. The standard InChI is InChI=1S/C30H36Cl3F2N6O2P/c1-5-18-10-22(25(43-2)13-24(18)41-16-30(17-41)6-8-40(9-7-30)15-27(34)35)38-29-36-14-21(33)28(39-29)37-23-11-19(31)20(32)12-26(23)44(3,4)42/h10-14,27H,5-9,15-17H2,1-4H3,(H2,36,37,38,39). The predicted octanol–water partition coefficient (Wildman–Crippen LogP) is 7.91. The van der Waals surface area contributed by atoms with Crippen LogP contribution in [-0.2, 0) is 11.0 Å². The van der Waals surface area contributed by atoms with Gasteiger partial charge in [0.1, 0.15) is 17.9 Å². The van der Waals surface area contributed by atoms with E-state index in [0.717, 1.165) is 43.6 Å². The van der Waals surface area contributed by atoms with E-state index in [9.17, 15) is 13.3 Å². The number of hydrogen-bond acceptors (Lipinski definition) is 8. The minimum Gasteiger partial charge on any atom is -0.494 e. The molecule has 3 aromatic rings. The maximum atomic E-state index is 13.0. The summed E-state index contributed by atoms with van der Waals surface area (Å²) >= 11 is 18.9. The number of nitrogens with zero attached hydrogens (tertiary/aromatic N) is 4. The molecule has 2 aromatic carbocycles. The lowest BCUT2D eigenvalue weighted by Gasteiger charge is -2.55. The van der Waals surface area contributed by atoms with Gasteiger partial charge in [-0.3, -0.25) is 4.90 Å². The van der Waals surface area contributed by atoms with E-state index in [4.69, 9.17) is 39.5 Å². The third-order valence-corrected chi connectivity index (χ3v) is 10.9. The lowest BCUT2D eigenvalue weighted by atomic mass is 9.71. The molecule has 2 N–H and O–H groups in total. The molecule has 1 spiro atoms. The van der Waals surface area contributed by atoms with Crippen molar-refractivity contribution in [1.82, 2.24) is 14.9 Å². The first-order valence-electron chi connectivity index (χ1n) is 14.4. The summed E-state index contributed by atoms with van der Waals surface area (Å²) in [4.78, 5) is 13.2. The normalized spacial score (nSPS) is 16.7. The van der Waals surface area contributed by atoms with Crippen LogP contribution in [0.5, 0.6) is 5.75 Å². The molecule has 1 aromatic heterocycles. The molecule has 0 amide bonds. The molecule has 14 heteroatoms. The fourth-order valence-electron chi connectivity index (χ4n) is 5.96. The van der Waals surface area contributed by atoms with E-state index in [1.807, 2.05) is 17.0 Å². The van der Waals surface area contributed by atoms with Crippen molar-refractivity contribution in [2.45, 2.75) is 32.6 Å². The molecule has 0 radical (unpaired) electrons. The summed E-state index contributed by atoms with van der Waals surface area (Å²) in [5.41, 5.74) is 3.59. The third-order valence-electron chi connectivity index (χ3n) is 8.35. The number of likely N-dealkylation sites (tertiary alicyclic amines) is 1. The number of anilines is 5. The number of benzene rings is 2. The Morgan fingerprint density at radius 2 is 1.70 bits per heavy atom. The summed E-state index contributed by atoms with van der Waals surface area (Å²) in [6.45, 7) is 8.47. The molecule has 5 rings (SSSR count). The summed E-state index contributed by atoms with van der Waals surface area (Å²) in [5, 5.41) is 7.81. The molecule has 238 valence electrons. The van der Waals surface area contributed by atoms with Crippen LogP contribution in [0.4, 0.5) is 37.6 Å². The van der Waals surface area contributed by atoms with Crippen LogP contribution >= 0.6 is 41.9 Å². The lowest BCUT2D eigenvalue weighted by molar-refractivity contribution is 0.0320. The van der Waals surface area contributed by atoms with Crippen LogP contribution in [0.2, 0.25) is 15.1 Å². The van der Waals surface area contributed by atoms with Gasteiger partial charge < -0.3 is 24.8 Å². The van der Waals surface area contributed by atoms with Crippen molar-refractivity contribution in [2.24, 2.45) is 5.41 Å². The molecule has 0 aliphatic carbocycles. The minimum atomic E-state index is -2.73. The van der Waals surface area contributed by atoms with E-state index < -0.39 is 13.6 Å². The monoisotopic (exact) mass is 686 g/mol. The zero-order valence-electron chi connectivity index (χ0n) is 25.1. The largest absolute Gasteiger partial charge is 0.494 e. The number of methoxy groups -OCH3 is 1. The van der Waals surface area contributed by atoms with Crippen molar-refractivity contribution < 1.29 is 18.1 Å². The summed E-state index contributed by atoms with van der Waals surface area (Å²) in [7, 11) is -1.12. The minimum absolute atomic E-state index is 0.142. The number of aryl methyl sites for hydroxylation is 1. The molecule has 0 unspecified atom stereocenters. The Hall–Kier alpha value is -2.36. The Balaban J connectivity index is 1.35. The molecule has 8 nitrogen and oxygen atoms in total. The van der Waals surface area contributed by atoms with Crippen molar-refractivity contribution >= 4 is 76.1 Å². The predicted molar refractivity (Wildman–Crippen MR) is 178 cm³/mol. The molecule has 2 aliphatic heterocycles. The fraction of sp³-hybridized carbons (Fsp3) is 0.467. The average molecular weight is 688 g/mol. The second-order valence-electron chi connectivity index (χ2n) is 11.9. The summed E-state index contributed by atoms with van der Waals surface area (Å²) in [6, 6.07) is 7.26. The van der Waals surface area contributed by atoms with Gasteiger partial charge in [0.2, 0.25) is 5.95 Å². The molecular formula is C30H36Cl3F2N6O2P. The Kier molecular flexibility index (Phi) is 9.88. The van der Waals surface area contributed by atoms with Crippen LogP contribution in [0.1, 0.15) is 25.3 Å². The van der Waals surface area contributed by atoms with E-state index in [1.165, 1.54) is 6.20 Å². The Labute approximate surface area is 271 Å². The first-order valence-corrected chi connectivity index (χ1v) is 18.1. The Morgan fingerprint density at radius 1 is 1.02 bits per heavy atom. The number of rotatable bonds is 10. The van der Waals surface area contributed by atoms with Gasteiger partial charge in [-0.05, 0) is 69.4 Å². The highest BCUT2D eigenvalue weighted by molar-refractivity contribution is 7.70. The van der Waals surface area contributed by atoms with Crippen molar-refractivity contribution in [1.29, 1.82) is 0 Å². The van der Waals surface area contributed by atoms with E-state index in [2.05, 4.69) is 32.4 Å². The Morgan fingerprint density at radius 3 is 2.32 bits per heavy atom. The maximum absolute atomic E-state index is 13.0. The van der Waals surface area contributed by atoms with Gasteiger partial charge in [-0.1, -0.05) is 41.7 Å². The van der Waals surface area contributed by atoms with Crippen molar-refractivity contribution in [3.05, 3.63) is 51.1 Å². The highest BCUT2D eigenvalue weighted by Gasteiger charge is 2.45. The van der Waals surface area contributed by atoms with Gasteiger partial charge in [0.15, 0.2) is 5.82 Å². The Bertz CT molecular complexity index is 1570. The van der Waals surface area contributed by atoms with Crippen LogP contribution in [0.25, 0.3) is 0 Å². The molecular weight excluding hydrogens is 652 g/mol. The maximum Gasteiger partial charge on any atom is 0.251 e. The number of piperidine rings is 1. The van der Waals surface area contributed by atoms with E-state index in [1.54, 1.807) is 32.6 Å². The van der Waals surface area contributed by atoms with Crippen molar-refractivity contribution in [3.8, 4) is 5.75 Å². The molecule has 0 atom stereocenters. The van der Waals surface area contributed by atoms with Crippen LogP contribution in [0, 0.1) is 5.41 Å². The van der Waals surface area contributed by atoms with Gasteiger partial charge in [0.05, 0.1) is 41.3 Å². The SMILES string of the molecule is CCc1cc(Nc2ncc(Cl)c(Nc3cc(Cl)c(Cl)cc3P(C)(C)=O)n2)c(OC)cc1N1CC2(CCN(CC(F)F)CC2)C1. The van der Waals surface area contributed by atoms with Crippen LogP contribution in [-0.4, -0.2) is 74.5 Å².